The summed E-state index contributed by atoms with van der Waals surface area (Å²) in [4.78, 5) is 0. The summed E-state index contributed by atoms with van der Waals surface area (Å²) in [6, 6.07) is 78.4. The van der Waals surface area contributed by atoms with Crippen LogP contribution in [0.1, 0.15) is 0 Å². The normalized spacial score (nSPS) is 11.8. The fraction of sp³-hybridized carbons (Fsp3) is 0. The topological polar surface area (TPSA) is 4.93 Å². The number of nitrogens with zero attached hydrogens (tertiary/aromatic N) is 1. The molecule has 2 heterocycles. The molecule has 0 bridgehead atoms. The van der Waals surface area contributed by atoms with Crippen molar-refractivity contribution in [1.82, 2.24) is 4.57 Å². The first-order chi connectivity index (χ1) is 28.7. The van der Waals surface area contributed by atoms with Gasteiger partial charge in [0.15, 0.2) is 0 Å². The number of hydrogen-bond donors (Lipinski definition) is 0. The predicted octanol–water partition coefficient (Wildman–Crippen LogP) is 16.1. The number of benzene rings is 10. The molecule has 12 aromatic rings. The highest BCUT2D eigenvalue weighted by molar-refractivity contribution is 7.25. The van der Waals surface area contributed by atoms with Crippen molar-refractivity contribution in [3.8, 4) is 50.2 Å². The Kier molecular flexibility index (Phi) is 7.47. The summed E-state index contributed by atoms with van der Waals surface area (Å²) < 4.78 is 5.13. The van der Waals surface area contributed by atoms with Crippen molar-refractivity contribution >= 4 is 74.9 Å². The van der Waals surface area contributed by atoms with Gasteiger partial charge in [0.1, 0.15) is 0 Å². The number of hydrogen-bond acceptors (Lipinski definition) is 1. The van der Waals surface area contributed by atoms with Crippen LogP contribution in [0.3, 0.4) is 0 Å². The van der Waals surface area contributed by atoms with Crippen LogP contribution >= 0.6 is 11.3 Å². The van der Waals surface area contributed by atoms with Gasteiger partial charge in [0.2, 0.25) is 0 Å². The highest BCUT2D eigenvalue weighted by Crippen LogP contribution is 2.43. The third kappa shape index (κ3) is 5.30. The van der Waals surface area contributed by atoms with Crippen molar-refractivity contribution in [3.05, 3.63) is 212 Å². The average molecular weight is 754 g/mol. The molecule has 0 fully saturated rings. The van der Waals surface area contributed by atoms with Gasteiger partial charge in [0.05, 0.1) is 16.7 Å². The molecular formula is C56H35NS. The first kappa shape index (κ1) is 32.9. The molecule has 0 saturated heterocycles. The van der Waals surface area contributed by atoms with E-state index in [1.165, 1.54) is 108 Å². The second kappa shape index (κ2) is 13.2. The van der Waals surface area contributed by atoms with E-state index in [2.05, 4.69) is 217 Å². The Hall–Kier alpha value is -7.26. The molecule has 0 N–H and O–H groups in total. The molecule has 270 valence electrons. The SMILES string of the molecule is c1ccc(-n2c3ccc(-c4ccc5ccccc5c4)cc3c3cc(-c4ccc5ccccc5c4)ccc32)c(-c2ccc(-c3cccc4sc5ccccc5c34)cc2)c1. The van der Waals surface area contributed by atoms with Crippen molar-refractivity contribution in [2.75, 3.05) is 0 Å². The molecule has 0 aliphatic heterocycles. The van der Waals surface area contributed by atoms with E-state index in [1.807, 2.05) is 11.3 Å². The largest absolute Gasteiger partial charge is 0.309 e. The maximum Gasteiger partial charge on any atom is 0.0541 e. The number of rotatable bonds is 5. The Labute approximate surface area is 340 Å². The molecule has 2 heteroatoms. The van der Waals surface area contributed by atoms with Crippen molar-refractivity contribution in [2.24, 2.45) is 0 Å². The van der Waals surface area contributed by atoms with E-state index in [0.717, 1.165) is 5.69 Å². The van der Waals surface area contributed by atoms with E-state index in [9.17, 15) is 0 Å². The summed E-state index contributed by atoms with van der Waals surface area (Å²) in [6.45, 7) is 0. The highest BCUT2D eigenvalue weighted by atomic mass is 32.1. The van der Waals surface area contributed by atoms with Gasteiger partial charge < -0.3 is 4.57 Å². The summed E-state index contributed by atoms with van der Waals surface area (Å²) in [7, 11) is 0. The van der Waals surface area contributed by atoms with E-state index >= 15 is 0 Å². The number of para-hydroxylation sites is 1. The first-order valence-electron chi connectivity index (χ1n) is 19.9. The molecule has 2 aromatic heterocycles. The van der Waals surface area contributed by atoms with Gasteiger partial charge in [-0.15, -0.1) is 11.3 Å². The lowest BCUT2D eigenvalue weighted by atomic mass is 9.96. The van der Waals surface area contributed by atoms with Gasteiger partial charge >= 0.3 is 0 Å². The van der Waals surface area contributed by atoms with Crippen LogP contribution in [0.2, 0.25) is 0 Å². The molecule has 10 aromatic carbocycles. The van der Waals surface area contributed by atoms with Crippen molar-refractivity contribution in [3.63, 3.8) is 0 Å². The average Bonchev–Trinajstić information content (AvgIpc) is 3.84. The van der Waals surface area contributed by atoms with Crippen LogP contribution in [0.15, 0.2) is 212 Å². The van der Waals surface area contributed by atoms with Gasteiger partial charge in [-0.2, -0.15) is 0 Å². The fourth-order valence-corrected chi connectivity index (χ4v) is 10.3. The molecule has 58 heavy (non-hydrogen) atoms. The minimum atomic E-state index is 1.16. The molecule has 0 radical (unpaired) electrons. The Bertz CT molecular complexity index is 3430. The molecule has 0 unspecified atom stereocenters. The van der Waals surface area contributed by atoms with Crippen LogP contribution in [0.25, 0.3) is 114 Å². The summed E-state index contributed by atoms with van der Waals surface area (Å²) in [5.74, 6) is 0. The zero-order valence-corrected chi connectivity index (χ0v) is 32.4. The molecule has 0 amide bonds. The van der Waals surface area contributed by atoms with Crippen LogP contribution in [0, 0.1) is 0 Å². The van der Waals surface area contributed by atoms with E-state index in [4.69, 9.17) is 0 Å². The van der Waals surface area contributed by atoms with E-state index in [1.54, 1.807) is 0 Å². The molecule has 0 aliphatic carbocycles. The van der Waals surface area contributed by atoms with E-state index in [-0.39, 0.29) is 0 Å². The zero-order chi connectivity index (χ0) is 38.2. The maximum absolute atomic E-state index is 2.47. The van der Waals surface area contributed by atoms with E-state index < -0.39 is 0 Å². The standard InChI is InChI=1S/C56H35NS/c1-3-12-40-32-42(26-20-36(40)10-1)44-28-30-52-49(34-44)50-35-45(43-27-21-37-11-2-4-13-41(37)33-43)29-31-53(50)57(52)51-17-7-5-14-46(51)38-22-24-39(25-23-38)47-16-9-19-55-56(47)48-15-6-8-18-54(48)58-55/h1-35H. The van der Waals surface area contributed by atoms with Crippen molar-refractivity contribution in [1.29, 1.82) is 0 Å². The summed E-state index contributed by atoms with van der Waals surface area (Å²) in [5.41, 5.74) is 13.3. The zero-order valence-electron chi connectivity index (χ0n) is 31.6. The van der Waals surface area contributed by atoms with Gasteiger partial charge in [-0.25, -0.2) is 0 Å². The maximum atomic E-state index is 2.47. The van der Waals surface area contributed by atoms with Crippen molar-refractivity contribution < 1.29 is 0 Å². The Balaban J connectivity index is 1.03. The van der Waals surface area contributed by atoms with Crippen LogP contribution < -0.4 is 0 Å². The molecule has 12 rings (SSSR count). The van der Waals surface area contributed by atoms with Crippen LogP contribution in [0.4, 0.5) is 0 Å². The third-order valence-corrected chi connectivity index (χ3v) is 13.1. The van der Waals surface area contributed by atoms with Gasteiger partial charge in [0, 0.05) is 36.5 Å². The monoisotopic (exact) mass is 753 g/mol. The lowest BCUT2D eigenvalue weighted by Gasteiger charge is -2.15. The summed E-state index contributed by atoms with van der Waals surface area (Å²) in [6.07, 6.45) is 0. The Morgan fingerprint density at radius 1 is 0.293 bits per heavy atom. The lowest BCUT2D eigenvalue weighted by molar-refractivity contribution is 1.18. The van der Waals surface area contributed by atoms with Crippen LogP contribution in [-0.4, -0.2) is 4.57 Å². The molecule has 0 saturated carbocycles. The summed E-state index contributed by atoms with van der Waals surface area (Å²) >= 11 is 1.87. The Morgan fingerprint density at radius 3 is 1.41 bits per heavy atom. The number of aromatic nitrogens is 1. The highest BCUT2D eigenvalue weighted by Gasteiger charge is 2.18. The van der Waals surface area contributed by atoms with Gasteiger partial charge in [-0.3, -0.25) is 0 Å². The van der Waals surface area contributed by atoms with Gasteiger partial charge in [0.25, 0.3) is 0 Å². The minimum absolute atomic E-state index is 1.16. The smallest absolute Gasteiger partial charge is 0.0541 e. The second-order valence-corrected chi connectivity index (χ2v) is 16.4. The first-order valence-corrected chi connectivity index (χ1v) is 20.7. The Morgan fingerprint density at radius 2 is 0.759 bits per heavy atom. The van der Waals surface area contributed by atoms with Crippen LogP contribution in [0.5, 0.6) is 0 Å². The number of thiophene rings is 1. The summed E-state index contributed by atoms with van der Waals surface area (Å²) in [5, 5.41) is 10.2. The second-order valence-electron chi connectivity index (χ2n) is 15.3. The molecule has 1 nitrogen and oxygen atoms in total. The minimum Gasteiger partial charge on any atom is -0.309 e. The van der Waals surface area contributed by atoms with Gasteiger partial charge in [-0.05, 0) is 115 Å². The van der Waals surface area contributed by atoms with Crippen molar-refractivity contribution in [2.45, 2.75) is 0 Å². The lowest BCUT2D eigenvalue weighted by Crippen LogP contribution is -1.97. The van der Waals surface area contributed by atoms with E-state index in [0.29, 0.717) is 0 Å². The molecule has 0 aliphatic rings. The molecule has 0 spiro atoms. The number of fused-ring (bicyclic) bond motifs is 8. The van der Waals surface area contributed by atoms with Gasteiger partial charge in [-0.1, -0.05) is 158 Å². The van der Waals surface area contributed by atoms with Crippen LogP contribution in [-0.2, 0) is 0 Å². The third-order valence-electron chi connectivity index (χ3n) is 12.0. The fourth-order valence-electron chi connectivity index (χ4n) is 9.14. The molecular weight excluding hydrogens is 719 g/mol. The quantitative estimate of drug-likeness (QED) is 0.165. The predicted molar refractivity (Wildman–Crippen MR) is 250 cm³/mol. The molecule has 0 atom stereocenters.